The first-order chi connectivity index (χ1) is 5.33. The summed E-state index contributed by atoms with van der Waals surface area (Å²) in [4.78, 5) is 10.9. The number of ether oxygens (including phenoxy) is 1. The number of hydrogen-bond acceptors (Lipinski definition) is 3. The third-order valence-electron chi connectivity index (χ3n) is 1.15. The van der Waals surface area contributed by atoms with Gasteiger partial charge in [0.1, 0.15) is 6.61 Å². The molecule has 4 nitrogen and oxygen atoms in total. The van der Waals surface area contributed by atoms with Gasteiger partial charge in [0.15, 0.2) is 0 Å². The van der Waals surface area contributed by atoms with E-state index in [1.165, 1.54) is 7.05 Å². The fourth-order valence-corrected chi connectivity index (χ4v) is 0.546. The van der Waals surface area contributed by atoms with Crippen LogP contribution in [0.25, 0.3) is 0 Å². The van der Waals surface area contributed by atoms with Crippen molar-refractivity contribution in [3.8, 4) is 0 Å². The van der Waals surface area contributed by atoms with Crippen LogP contribution in [0.1, 0.15) is 20.8 Å². The Kier molecular flexibility index (Phi) is 4.20. The minimum absolute atomic E-state index is 0.0598. The van der Waals surface area contributed by atoms with Crippen molar-refractivity contribution >= 4 is 5.91 Å². The molecule has 0 aromatic rings. The quantitative estimate of drug-likeness (QED) is 0.382. The van der Waals surface area contributed by atoms with Crippen molar-refractivity contribution in [3.63, 3.8) is 0 Å². The first-order valence-electron chi connectivity index (χ1n) is 3.92. The number of carbonyl (C=O) groups excluding carboxylic acids is 1. The van der Waals surface area contributed by atoms with E-state index in [0.717, 1.165) is 5.01 Å². The molecule has 0 aromatic carbocycles. The van der Waals surface area contributed by atoms with E-state index in [2.05, 4.69) is 0 Å². The van der Waals surface area contributed by atoms with E-state index in [9.17, 15) is 4.79 Å². The summed E-state index contributed by atoms with van der Waals surface area (Å²) in [5.74, 6) is 4.98. The summed E-state index contributed by atoms with van der Waals surface area (Å²) < 4.78 is 5.15. The fraction of sp³-hybridized carbons (Fsp3) is 0.875. The highest BCUT2D eigenvalue weighted by molar-refractivity contribution is 5.76. The Bertz CT molecular complexity index is 150. The molecule has 0 rings (SSSR count). The Hall–Kier alpha value is -0.610. The van der Waals surface area contributed by atoms with Gasteiger partial charge in [-0.3, -0.25) is 9.80 Å². The topological polar surface area (TPSA) is 55.6 Å². The summed E-state index contributed by atoms with van der Waals surface area (Å²) in [6.07, 6.45) is 0. The molecule has 0 atom stereocenters. The van der Waals surface area contributed by atoms with Gasteiger partial charge in [-0.05, 0) is 5.41 Å². The molecule has 0 bridgehead atoms. The first kappa shape index (κ1) is 11.4. The molecule has 2 N–H and O–H groups in total. The molecule has 0 saturated heterocycles. The van der Waals surface area contributed by atoms with Crippen molar-refractivity contribution in [2.24, 2.45) is 11.3 Å². The van der Waals surface area contributed by atoms with E-state index >= 15 is 0 Å². The second-order valence-corrected chi connectivity index (χ2v) is 4.06. The van der Waals surface area contributed by atoms with Crippen LogP contribution >= 0.6 is 0 Å². The van der Waals surface area contributed by atoms with Gasteiger partial charge in [-0.1, -0.05) is 20.8 Å². The molecule has 0 unspecified atom stereocenters. The third-order valence-corrected chi connectivity index (χ3v) is 1.15. The second-order valence-electron chi connectivity index (χ2n) is 4.06. The predicted octanol–water partition coefficient (Wildman–Crippen LogP) is 0.381. The van der Waals surface area contributed by atoms with Gasteiger partial charge in [-0.15, -0.1) is 0 Å². The molecule has 12 heavy (non-hydrogen) atoms. The van der Waals surface area contributed by atoms with Crippen LogP contribution in [0.2, 0.25) is 0 Å². The number of hydrazine groups is 1. The molecule has 0 fully saturated rings. The number of amides is 1. The van der Waals surface area contributed by atoms with Crippen LogP contribution in [0.5, 0.6) is 0 Å². The van der Waals surface area contributed by atoms with Crippen molar-refractivity contribution in [1.82, 2.24) is 5.01 Å². The van der Waals surface area contributed by atoms with Gasteiger partial charge in [0, 0.05) is 7.05 Å². The second kappa shape index (κ2) is 4.42. The maximum atomic E-state index is 10.9. The Labute approximate surface area is 73.6 Å². The van der Waals surface area contributed by atoms with Crippen LogP contribution in [-0.4, -0.2) is 31.2 Å². The number of rotatable bonds is 3. The lowest BCUT2D eigenvalue weighted by molar-refractivity contribution is -0.135. The Balaban J connectivity index is 3.51. The van der Waals surface area contributed by atoms with Crippen LogP contribution < -0.4 is 5.84 Å². The molecule has 0 aliphatic carbocycles. The highest BCUT2D eigenvalue weighted by Gasteiger charge is 2.12. The molecule has 4 heteroatoms. The monoisotopic (exact) mass is 174 g/mol. The normalized spacial score (nSPS) is 11.4. The lowest BCUT2D eigenvalue weighted by Crippen LogP contribution is -2.36. The lowest BCUT2D eigenvalue weighted by Gasteiger charge is -2.18. The van der Waals surface area contributed by atoms with Crippen molar-refractivity contribution in [3.05, 3.63) is 0 Å². The number of hydrogen-bond donors (Lipinski definition) is 1. The lowest BCUT2D eigenvalue weighted by atomic mass is 9.99. The highest BCUT2D eigenvalue weighted by Crippen LogP contribution is 2.12. The summed E-state index contributed by atoms with van der Waals surface area (Å²) in [6.45, 7) is 6.76. The van der Waals surface area contributed by atoms with Crippen LogP contribution in [0.3, 0.4) is 0 Å². The molecule has 0 saturated carbocycles. The fourth-order valence-electron chi connectivity index (χ4n) is 0.546. The van der Waals surface area contributed by atoms with Crippen LogP contribution in [0.15, 0.2) is 0 Å². The smallest absolute Gasteiger partial charge is 0.262 e. The maximum absolute atomic E-state index is 10.9. The van der Waals surface area contributed by atoms with Crippen molar-refractivity contribution in [1.29, 1.82) is 0 Å². The zero-order valence-corrected chi connectivity index (χ0v) is 8.26. The van der Waals surface area contributed by atoms with Gasteiger partial charge in [0.05, 0.1) is 6.61 Å². The van der Waals surface area contributed by atoms with Gasteiger partial charge >= 0.3 is 0 Å². The van der Waals surface area contributed by atoms with Crippen LogP contribution in [0, 0.1) is 5.41 Å². The summed E-state index contributed by atoms with van der Waals surface area (Å²) in [7, 11) is 1.50. The zero-order chi connectivity index (χ0) is 9.78. The highest BCUT2D eigenvalue weighted by atomic mass is 16.5. The van der Waals surface area contributed by atoms with E-state index in [0.29, 0.717) is 6.61 Å². The molecule has 0 spiro atoms. The van der Waals surface area contributed by atoms with Crippen LogP contribution in [-0.2, 0) is 9.53 Å². The van der Waals surface area contributed by atoms with Crippen LogP contribution in [0.4, 0.5) is 0 Å². The van der Waals surface area contributed by atoms with E-state index in [-0.39, 0.29) is 17.9 Å². The van der Waals surface area contributed by atoms with Crippen molar-refractivity contribution < 1.29 is 9.53 Å². The summed E-state index contributed by atoms with van der Waals surface area (Å²) in [6, 6.07) is 0. The Morgan fingerprint density at radius 1 is 1.50 bits per heavy atom. The molecule has 72 valence electrons. The van der Waals surface area contributed by atoms with E-state index in [1.807, 2.05) is 20.8 Å². The Morgan fingerprint density at radius 2 is 2.00 bits per heavy atom. The summed E-state index contributed by atoms with van der Waals surface area (Å²) >= 11 is 0. The summed E-state index contributed by atoms with van der Waals surface area (Å²) in [5, 5.41) is 1.03. The molecule has 0 aliphatic heterocycles. The number of nitrogens with two attached hydrogens (primary N) is 1. The van der Waals surface area contributed by atoms with Crippen molar-refractivity contribution in [2.45, 2.75) is 20.8 Å². The third kappa shape index (κ3) is 6.12. The zero-order valence-electron chi connectivity index (χ0n) is 8.26. The van der Waals surface area contributed by atoms with Gasteiger partial charge < -0.3 is 4.74 Å². The molecular formula is C8H18N2O2. The maximum Gasteiger partial charge on any atom is 0.262 e. The van der Waals surface area contributed by atoms with E-state index in [4.69, 9.17) is 10.6 Å². The molecule has 0 aromatic heterocycles. The van der Waals surface area contributed by atoms with E-state index < -0.39 is 0 Å². The molecule has 0 heterocycles. The molecule has 1 amide bonds. The summed E-state index contributed by atoms with van der Waals surface area (Å²) in [5.41, 5.74) is 0.0907. The number of carbonyl (C=O) groups is 1. The average molecular weight is 174 g/mol. The largest absolute Gasteiger partial charge is 0.371 e. The number of nitrogens with zero attached hydrogens (tertiary/aromatic N) is 1. The molecule has 0 aliphatic rings. The van der Waals surface area contributed by atoms with Crippen molar-refractivity contribution in [2.75, 3.05) is 20.3 Å². The minimum atomic E-state index is -0.209. The predicted molar refractivity (Wildman–Crippen MR) is 47.2 cm³/mol. The average Bonchev–Trinajstić information content (AvgIpc) is 1.84. The molecule has 0 radical (unpaired) electrons. The minimum Gasteiger partial charge on any atom is -0.371 e. The SMILES string of the molecule is CN(N)C(=O)COCC(C)(C)C. The van der Waals surface area contributed by atoms with Gasteiger partial charge in [-0.25, -0.2) is 5.84 Å². The first-order valence-corrected chi connectivity index (χ1v) is 3.92. The number of likely N-dealkylation sites (N-methyl/N-ethyl adjacent to an activating group) is 1. The standard InChI is InChI=1S/C8H18N2O2/c1-8(2,3)6-12-5-7(11)10(4)9/h5-6,9H2,1-4H3. The van der Waals surface area contributed by atoms with Gasteiger partial charge in [0.2, 0.25) is 0 Å². The van der Waals surface area contributed by atoms with E-state index in [1.54, 1.807) is 0 Å². The Morgan fingerprint density at radius 3 is 2.33 bits per heavy atom. The van der Waals surface area contributed by atoms with Gasteiger partial charge in [0.25, 0.3) is 5.91 Å². The molecular weight excluding hydrogens is 156 g/mol. The van der Waals surface area contributed by atoms with Gasteiger partial charge in [-0.2, -0.15) is 0 Å².